The number of halogens is 1. The summed E-state index contributed by atoms with van der Waals surface area (Å²) >= 11 is 3.60. The Labute approximate surface area is 133 Å². The van der Waals surface area contributed by atoms with Crippen LogP contribution in [0.25, 0.3) is 0 Å². The minimum atomic E-state index is 0.785. The highest BCUT2D eigenvalue weighted by atomic mass is 79.9. The van der Waals surface area contributed by atoms with Gasteiger partial charge in [-0.2, -0.15) is 0 Å². The predicted molar refractivity (Wildman–Crippen MR) is 86.7 cm³/mol. The third kappa shape index (κ3) is 3.30. The first-order valence-corrected chi connectivity index (χ1v) is 8.22. The van der Waals surface area contributed by atoms with E-state index in [0.717, 1.165) is 55.1 Å². The number of fused-ring (bicyclic) bond motifs is 1. The van der Waals surface area contributed by atoms with Crippen LogP contribution in [-0.4, -0.2) is 22.7 Å². The van der Waals surface area contributed by atoms with Crippen LogP contribution in [0, 0.1) is 0 Å². The molecule has 0 unspecified atom stereocenters. The first-order valence-electron chi connectivity index (χ1n) is 7.42. The molecule has 1 aliphatic heterocycles. The lowest BCUT2D eigenvalue weighted by atomic mass is 10.1. The van der Waals surface area contributed by atoms with Crippen LogP contribution in [0.15, 0.2) is 29.0 Å². The third-order valence-corrected chi connectivity index (χ3v) is 4.14. The van der Waals surface area contributed by atoms with E-state index in [2.05, 4.69) is 49.9 Å². The summed E-state index contributed by atoms with van der Waals surface area (Å²) < 4.78 is 9.11. The monoisotopic (exact) mass is 349 g/mol. The fourth-order valence-corrected chi connectivity index (χ4v) is 3.23. The third-order valence-electron chi connectivity index (χ3n) is 3.68. The molecule has 2 heterocycles. The van der Waals surface area contributed by atoms with E-state index in [1.54, 1.807) is 0 Å². The zero-order chi connectivity index (χ0) is 14.7. The Hall–Kier alpha value is -1.33. The number of rotatable bonds is 6. The molecule has 5 heteroatoms. The standard InChI is InChI=1S/C16H20BrN3O/c1-2-4-18-10-15-19-5-6-20(15)11-13-9-14(17)8-12-3-7-21-16(12)13/h5-6,8-9,18H,2-4,7,10-11H2,1H3. The maximum Gasteiger partial charge on any atom is 0.127 e. The van der Waals surface area contributed by atoms with Gasteiger partial charge in [0, 0.05) is 28.9 Å². The molecule has 112 valence electrons. The van der Waals surface area contributed by atoms with Crippen LogP contribution in [0.3, 0.4) is 0 Å². The minimum absolute atomic E-state index is 0.785. The van der Waals surface area contributed by atoms with E-state index in [0.29, 0.717) is 0 Å². The Balaban J connectivity index is 1.80. The molecule has 1 aliphatic rings. The van der Waals surface area contributed by atoms with Gasteiger partial charge in [-0.3, -0.25) is 0 Å². The Kier molecular flexibility index (Phi) is 4.60. The van der Waals surface area contributed by atoms with Crippen LogP contribution in [0.2, 0.25) is 0 Å². The maximum absolute atomic E-state index is 5.80. The number of ether oxygens (including phenoxy) is 1. The van der Waals surface area contributed by atoms with Crippen molar-refractivity contribution in [1.82, 2.24) is 14.9 Å². The number of hydrogen-bond donors (Lipinski definition) is 1. The zero-order valence-electron chi connectivity index (χ0n) is 12.2. The highest BCUT2D eigenvalue weighted by Crippen LogP contribution is 2.33. The van der Waals surface area contributed by atoms with Crippen molar-refractivity contribution in [3.05, 3.63) is 46.0 Å². The van der Waals surface area contributed by atoms with E-state index in [4.69, 9.17) is 4.74 Å². The number of hydrogen-bond acceptors (Lipinski definition) is 3. The minimum Gasteiger partial charge on any atom is -0.493 e. The molecule has 0 atom stereocenters. The first kappa shape index (κ1) is 14.6. The molecule has 0 fully saturated rings. The van der Waals surface area contributed by atoms with Gasteiger partial charge in [0.15, 0.2) is 0 Å². The van der Waals surface area contributed by atoms with E-state index in [1.807, 2.05) is 12.4 Å². The van der Waals surface area contributed by atoms with Crippen molar-refractivity contribution in [3.8, 4) is 5.75 Å². The van der Waals surface area contributed by atoms with Crippen LogP contribution in [0.1, 0.15) is 30.3 Å². The average molecular weight is 350 g/mol. The van der Waals surface area contributed by atoms with E-state index in [9.17, 15) is 0 Å². The molecule has 2 aromatic rings. The smallest absolute Gasteiger partial charge is 0.127 e. The Bertz CT molecular complexity index is 624. The number of aromatic nitrogens is 2. The van der Waals surface area contributed by atoms with E-state index < -0.39 is 0 Å². The van der Waals surface area contributed by atoms with Gasteiger partial charge in [0.25, 0.3) is 0 Å². The number of nitrogens with one attached hydrogen (secondary N) is 1. The molecule has 4 nitrogen and oxygen atoms in total. The van der Waals surface area contributed by atoms with Gasteiger partial charge in [0.1, 0.15) is 11.6 Å². The summed E-state index contributed by atoms with van der Waals surface area (Å²) in [6.45, 7) is 5.57. The van der Waals surface area contributed by atoms with Crippen molar-refractivity contribution in [2.24, 2.45) is 0 Å². The molecule has 1 aromatic heterocycles. The van der Waals surface area contributed by atoms with Crippen LogP contribution in [0.4, 0.5) is 0 Å². The second-order valence-corrected chi connectivity index (χ2v) is 6.22. The van der Waals surface area contributed by atoms with Crippen molar-refractivity contribution in [1.29, 1.82) is 0 Å². The fourth-order valence-electron chi connectivity index (χ4n) is 2.68. The second-order valence-electron chi connectivity index (χ2n) is 5.30. The molecular formula is C16H20BrN3O. The van der Waals surface area contributed by atoms with Crippen LogP contribution in [-0.2, 0) is 19.5 Å². The van der Waals surface area contributed by atoms with E-state index in [-0.39, 0.29) is 0 Å². The Morgan fingerprint density at radius 2 is 2.33 bits per heavy atom. The quantitative estimate of drug-likeness (QED) is 0.814. The summed E-state index contributed by atoms with van der Waals surface area (Å²) in [6, 6.07) is 4.30. The van der Waals surface area contributed by atoms with Crippen LogP contribution in [0.5, 0.6) is 5.75 Å². The molecule has 1 aromatic carbocycles. The van der Waals surface area contributed by atoms with Gasteiger partial charge in [0.2, 0.25) is 0 Å². The highest BCUT2D eigenvalue weighted by molar-refractivity contribution is 9.10. The van der Waals surface area contributed by atoms with Crippen molar-refractivity contribution < 1.29 is 4.74 Å². The van der Waals surface area contributed by atoms with Gasteiger partial charge >= 0.3 is 0 Å². The van der Waals surface area contributed by atoms with Crippen LogP contribution >= 0.6 is 15.9 Å². The molecule has 0 amide bonds. The van der Waals surface area contributed by atoms with E-state index >= 15 is 0 Å². The van der Waals surface area contributed by atoms with Crippen molar-refractivity contribution in [2.75, 3.05) is 13.2 Å². The average Bonchev–Trinajstić information content (AvgIpc) is 3.08. The lowest BCUT2D eigenvalue weighted by molar-refractivity contribution is 0.352. The van der Waals surface area contributed by atoms with Gasteiger partial charge in [-0.1, -0.05) is 22.9 Å². The lowest BCUT2D eigenvalue weighted by Crippen LogP contribution is -2.18. The number of imidazole rings is 1. The summed E-state index contributed by atoms with van der Waals surface area (Å²) in [5.41, 5.74) is 2.51. The molecule has 0 saturated heterocycles. The van der Waals surface area contributed by atoms with Gasteiger partial charge < -0.3 is 14.6 Å². The van der Waals surface area contributed by atoms with E-state index in [1.165, 1.54) is 11.1 Å². The molecule has 0 spiro atoms. The normalized spacial score (nSPS) is 13.2. The first-order chi connectivity index (χ1) is 10.3. The van der Waals surface area contributed by atoms with Gasteiger partial charge in [-0.25, -0.2) is 4.98 Å². The molecule has 3 rings (SSSR count). The molecule has 0 radical (unpaired) electrons. The number of nitrogens with zero attached hydrogens (tertiary/aromatic N) is 2. The Morgan fingerprint density at radius 3 is 3.19 bits per heavy atom. The largest absolute Gasteiger partial charge is 0.493 e. The SMILES string of the molecule is CCCNCc1nccn1Cc1cc(Br)cc2c1OCC2. The molecule has 0 saturated carbocycles. The molecule has 21 heavy (non-hydrogen) atoms. The topological polar surface area (TPSA) is 39.1 Å². The second kappa shape index (κ2) is 6.62. The summed E-state index contributed by atoms with van der Waals surface area (Å²) in [7, 11) is 0. The zero-order valence-corrected chi connectivity index (χ0v) is 13.8. The van der Waals surface area contributed by atoms with Gasteiger partial charge in [-0.15, -0.1) is 0 Å². The molecule has 0 aliphatic carbocycles. The van der Waals surface area contributed by atoms with Gasteiger partial charge in [-0.05, 0) is 30.7 Å². The van der Waals surface area contributed by atoms with Crippen LogP contribution < -0.4 is 10.1 Å². The highest BCUT2D eigenvalue weighted by Gasteiger charge is 2.18. The fraction of sp³-hybridized carbons (Fsp3) is 0.438. The summed E-state index contributed by atoms with van der Waals surface area (Å²) in [5, 5.41) is 3.40. The number of benzene rings is 1. The molecular weight excluding hydrogens is 330 g/mol. The molecule has 0 bridgehead atoms. The maximum atomic E-state index is 5.80. The van der Waals surface area contributed by atoms with Crippen molar-refractivity contribution in [3.63, 3.8) is 0 Å². The summed E-state index contributed by atoms with van der Waals surface area (Å²) in [6.07, 6.45) is 6.03. The lowest BCUT2D eigenvalue weighted by Gasteiger charge is -2.12. The summed E-state index contributed by atoms with van der Waals surface area (Å²) in [4.78, 5) is 4.45. The van der Waals surface area contributed by atoms with Gasteiger partial charge in [0.05, 0.1) is 19.7 Å². The summed E-state index contributed by atoms with van der Waals surface area (Å²) in [5.74, 6) is 2.12. The molecule has 1 N–H and O–H groups in total. The predicted octanol–water partition coefficient (Wildman–Crippen LogP) is 3.13. The van der Waals surface area contributed by atoms with Crippen molar-refractivity contribution in [2.45, 2.75) is 32.9 Å². The van der Waals surface area contributed by atoms with Crippen molar-refractivity contribution >= 4 is 15.9 Å². The Morgan fingerprint density at radius 1 is 1.43 bits per heavy atom.